The maximum Gasteiger partial charge on any atom is 0.573 e. The second-order valence-electron chi connectivity index (χ2n) is 11.6. The Morgan fingerprint density at radius 1 is 1.04 bits per heavy atom. The minimum Gasteiger partial charge on any atom is -0.497 e. The third-order valence-electron chi connectivity index (χ3n) is 7.60. The van der Waals surface area contributed by atoms with Gasteiger partial charge in [0.25, 0.3) is 0 Å². The number of methoxy groups -OCH3 is 1. The van der Waals surface area contributed by atoms with Crippen LogP contribution in [0.1, 0.15) is 44.2 Å². The normalized spacial score (nSPS) is 14.9. The van der Waals surface area contributed by atoms with Crippen LogP contribution in [-0.2, 0) is 11.2 Å². The summed E-state index contributed by atoms with van der Waals surface area (Å²) in [5.41, 5.74) is 4.07. The third kappa shape index (κ3) is 8.73. The quantitative estimate of drug-likeness (QED) is 0.176. The van der Waals surface area contributed by atoms with E-state index in [0.29, 0.717) is 34.7 Å². The molecule has 0 spiro atoms. The lowest BCUT2D eigenvalue weighted by Crippen LogP contribution is -2.32. The average molecular weight is 681 g/mol. The summed E-state index contributed by atoms with van der Waals surface area (Å²) in [6.07, 6.45) is -1.75. The van der Waals surface area contributed by atoms with E-state index in [9.17, 15) is 22.8 Å². The summed E-state index contributed by atoms with van der Waals surface area (Å²) < 4.78 is 48.0. The predicted molar refractivity (Wildman–Crippen MR) is 179 cm³/mol. The fraction of sp³-hybridized carbons (Fsp3) is 0.324. The van der Waals surface area contributed by atoms with Gasteiger partial charge in [-0.05, 0) is 78.3 Å². The van der Waals surface area contributed by atoms with Crippen LogP contribution in [-0.4, -0.2) is 57.6 Å². The van der Waals surface area contributed by atoms with Crippen molar-refractivity contribution in [2.75, 3.05) is 24.3 Å². The first-order valence-corrected chi connectivity index (χ1v) is 16.3. The molecule has 1 N–H and O–H groups in total. The fourth-order valence-electron chi connectivity index (χ4n) is 5.17. The lowest BCUT2D eigenvalue weighted by atomic mass is 9.97. The number of halogens is 3. The number of alkyl halides is 3. The number of aromatic nitrogens is 3. The van der Waals surface area contributed by atoms with Crippen molar-refractivity contribution >= 4 is 34.6 Å². The number of urea groups is 1. The molecule has 1 fully saturated rings. The van der Waals surface area contributed by atoms with Gasteiger partial charge < -0.3 is 14.8 Å². The molecule has 0 saturated carbocycles. The molecule has 4 aromatic rings. The van der Waals surface area contributed by atoms with Gasteiger partial charge in [0.2, 0.25) is 5.91 Å². The zero-order valence-corrected chi connectivity index (χ0v) is 27.6. The van der Waals surface area contributed by atoms with Crippen molar-refractivity contribution in [3.05, 3.63) is 84.2 Å². The number of hydrogen-bond acceptors (Lipinski definition) is 7. The smallest absolute Gasteiger partial charge is 0.497 e. The van der Waals surface area contributed by atoms with Crippen LogP contribution in [0.2, 0.25) is 0 Å². The number of ether oxygens (including phenoxy) is 2. The number of rotatable bonds is 11. The number of benzene rings is 3. The molecule has 1 unspecified atom stereocenters. The van der Waals surface area contributed by atoms with Crippen LogP contribution in [0.25, 0.3) is 17.1 Å². The number of aliphatic imine (C=N–C) groups is 1. The van der Waals surface area contributed by atoms with Crippen LogP contribution in [0.4, 0.5) is 23.7 Å². The minimum atomic E-state index is -4.75. The summed E-state index contributed by atoms with van der Waals surface area (Å²) in [6, 6.07) is 18.2. The molecular formula is C34H35F3N6O4S. The summed E-state index contributed by atoms with van der Waals surface area (Å²) in [5.74, 6) is 1.32. The van der Waals surface area contributed by atoms with Crippen LogP contribution in [0.3, 0.4) is 0 Å². The van der Waals surface area contributed by atoms with Gasteiger partial charge in [-0.25, -0.2) is 14.5 Å². The van der Waals surface area contributed by atoms with Gasteiger partial charge in [-0.3, -0.25) is 9.69 Å². The van der Waals surface area contributed by atoms with Gasteiger partial charge >= 0.3 is 12.4 Å². The van der Waals surface area contributed by atoms with E-state index in [4.69, 9.17) is 4.74 Å². The lowest BCUT2D eigenvalue weighted by Gasteiger charge is -2.22. The van der Waals surface area contributed by atoms with E-state index in [1.54, 1.807) is 13.2 Å². The van der Waals surface area contributed by atoms with Gasteiger partial charge in [-0.15, -0.1) is 18.3 Å². The monoisotopic (exact) mass is 680 g/mol. The molecule has 3 amide bonds. The number of thioether (sulfide) groups is 1. The molecule has 0 aliphatic carbocycles. The Balaban J connectivity index is 1.12. The number of amidine groups is 1. The molecule has 0 radical (unpaired) electrons. The van der Waals surface area contributed by atoms with Crippen molar-refractivity contribution in [2.24, 2.45) is 10.9 Å². The summed E-state index contributed by atoms with van der Waals surface area (Å²) in [4.78, 5) is 35.6. The van der Waals surface area contributed by atoms with Gasteiger partial charge in [0.05, 0.1) is 24.2 Å². The molecule has 1 saturated heterocycles. The molecule has 5 rings (SSSR count). The maximum absolute atomic E-state index is 12.8. The van der Waals surface area contributed by atoms with Crippen molar-refractivity contribution in [1.82, 2.24) is 20.1 Å². The van der Waals surface area contributed by atoms with Crippen molar-refractivity contribution in [2.45, 2.75) is 45.9 Å². The molecule has 1 atom stereocenters. The number of amides is 3. The number of nitrogens with one attached hydrogen (secondary N) is 1. The molecule has 252 valence electrons. The Morgan fingerprint density at radius 2 is 1.75 bits per heavy atom. The summed E-state index contributed by atoms with van der Waals surface area (Å²) in [5, 5.41) is 7.65. The van der Waals surface area contributed by atoms with Gasteiger partial charge in [0.1, 0.15) is 17.8 Å². The molecule has 14 heteroatoms. The predicted octanol–water partition coefficient (Wildman–Crippen LogP) is 7.38. The lowest BCUT2D eigenvalue weighted by molar-refractivity contribution is -0.274. The van der Waals surface area contributed by atoms with Gasteiger partial charge in [0, 0.05) is 12.1 Å². The van der Waals surface area contributed by atoms with E-state index < -0.39 is 12.4 Å². The highest BCUT2D eigenvalue weighted by Crippen LogP contribution is 2.35. The van der Waals surface area contributed by atoms with Crippen molar-refractivity contribution in [1.29, 1.82) is 0 Å². The first-order chi connectivity index (χ1) is 22.9. The standard InChI is InChI=1S/C34H35F3N6O4S/c1-21(2)28-18-27(46-4)13-14-29(28)43-30(44)19-48-33(43)40-32(45)38-16-15-22(3)17-23-5-7-24(8-6-23)31-39-20-42(41-31)25-9-11-26(12-10-25)47-34(35,36)37/h5-14,18,20-22H,15-17,19H2,1-4H3,(H,38,45)/b40-33-. The van der Waals surface area contributed by atoms with Crippen LogP contribution >= 0.6 is 11.8 Å². The fourth-order valence-corrected chi connectivity index (χ4v) is 6.03. The van der Waals surface area contributed by atoms with Gasteiger partial charge in [0.15, 0.2) is 11.0 Å². The second kappa shape index (κ2) is 14.9. The molecule has 1 aromatic heterocycles. The summed E-state index contributed by atoms with van der Waals surface area (Å²) >= 11 is 1.24. The number of carbonyl (C=O) groups is 2. The summed E-state index contributed by atoms with van der Waals surface area (Å²) in [6.45, 7) is 6.60. The number of carbonyl (C=O) groups excluding carboxylic acids is 2. The zero-order chi connectivity index (χ0) is 34.4. The molecule has 10 nitrogen and oxygen atoms in total. The Kier molecular flexibility index (Phi) is 10.7. The summed E-state index contributed by atoms with van der Waals surface area (Å²) in [7, 11) is 1.59. The van der Waals surface area contributed by atoms with Crippen molar-refractivity contribution in [3.63, 3.8) is 0 Å². The first-order valence-electron chi connectivity index (χ1n) is 15.3. The van der Waals surface area contributed by atoms with Crippen LogP contribution in [0, 0.1) is 5.92 Å². The molecule has 1 aliphatic rings. The van der Waals surface area contributed by atoms with Gasteiger partial charge in [-0.2, -0.15) is 4.99 Å². The highest BCUT2D eigenvalue weighted by molar-refractivity contribution is 8.15. The maximum atomic E-state index is 12.8. The average Bonchev–Trinajstić information content (AvgIpc) is 3.67. The molecule has 48 heavy (non-hydrogen) atoms. The van der Waals surface area contributed by atoms with Crippen LogP contribution < -0.4 is 19.7 Å². The van der Waals surface area contributed by atoms with E-state index in [-0.39, 0.29) is 29.2 Å². The SMILES string of the molecule is COc1ccc(N2C(=O)CS/C2=N\C(=O)NCCC(C)Cc2ccc(-c3ncn(-c4ccc(OC(F)(F)F)cc4)n3)cc2)c(C(C)C)c1. The van der Waals surface area contributed by atoms with Crippen LogP contribution in [0.5, 0.6) is 11.5 Å². The molecule has 1 aliphatic heterocycles. The van der Waals surface area contributed by atoms with E-state index in [2.05, 4.69) is 32.1 Å². The van der Waals surface area contributed by atoms with E-state index in [1.165, 1.54) is 51.9 Å². The Bertz CT molecular complexity index is 1770. The molecule has 3 aromatic carbocycles. The topological polar surface area (TPSA) is 111 Å². The molecule has 0 bridgehead atoms. The van der Waals surface area contributed by atoms with Gasteiger partial charge in [-0.1, -0.05) is 56.8 Å². The molecule has 2 heterocycles. The number of hydrogen-bond donors (Lipinski definition) is 1. The number of anilines is 1. The number of nitrogens with zero attached hydrogens (tertiary/aromatic N) is 5. The first kappa shape index (κ1) is 34.5. The Labute approximate surface area is 280 Å². The highest BCUT2D eigenvalue weighted by atomic mass is 32.2. The zero-order valence-electron chi connectivity index (χ0n) is 26.8. The van der Waals surface area contributed by atoms with E-state index in [1.807, 2.05) is 50.2 Å². The largest absolute Gasteiger partial charge is 0.573 e. The van der Waals surface area contributed by atoms with Crippen molar-refractivity contribution < 1.29 is 32.2 Å². The van der Waals surface area contributed by atoms with E-state index in [0.717, 1.165) is 29.5 Å². The second-order valence-corrected chi connectivity index (χ2v) is 12.5. The van der Waals surface area contributed by atoms with E-state index >= 15 is 0 Å². The Morgan fingerprint density at radius 3 is 2.42 bits per heavy atom. The highest BCUT2D eigenvalue weighted by Gasteiger charge is 2.33. The van der Waals surface area contributed by atoms with Crippen LogP contribution in [0.15, 0.2) is 78.0 Å². The molecular weight excluding hydrogens is 645 g/mol. The Hall–Kier alpha value is -4.85. The van der Waals surface area contributed by atoms with Crippen molar-refractivity contribution in [3.8, 4) is 28.6 Å². The third-order valence-corrected chi connectivity index (χ3v) is 8.52. The minimum absolute atomic E-state index is 0.126.